The third-order valence-corrected chi connectivity index (χ3v) is 4.81. The van der Waals surface area contributed by atoms with Crippen molar-refractivity contribution in [2.24, 2.45) is 0 Å². The fraction of sp³-hybridized carbons (Fsp3) is 0.0952. The van der Waals surface area contributed by atoms with Crippen molar-refractivity contribution in [2.45, 2.75) is 23.3 Å². The molecule has 5 heteroatoms. The van der Waals surface area contributed by atoms with Crippen LogP contribution in [0, 0.1) is 0 Å². The molecule has 2 aromatic carbocycles. The van der Waals surface area contributed by atoms with Crippen LogP contribution in [0.3, 0.4) is 0 Å². The van der Waals surface area contributed by atoms with Gasteiger partial charge in [0.05, 0.1) is 11.3 Å². The lowest BCUT2D eigenvalue weighted by molar-refractivity contribution is -0.684. The van der Waals surface area contributed by atoms with Crippen molar-refractivity contribution >= 4 is 29.1 Å². The van der Waals surface area contributed by atoms with Gasteiger partial charge in [-0.1, -0.05) is 42.1 Å². The van der Waals surface area contributed by atoms with E-state index >= 15 is 0 Å². The number of pyridine rings is 1. The number of para-hydroxylation sites is 1. The number of hydrogen-bond acceptors (Lipinski definition) is 3. The molecule has 130 valence electrons. The average Bonchev–Trinajstić information content (AvgIpc) is 2.64. The molecule has 0 aliphatic rings. The summed E-state index contributed by atoms with van der Waals surface area (Å²) in [5.41, 5.74) is 1.36. The molecule has 1 N–H and O–H groups in total. The Labute approximate surface area is 156 Å². The van der Waals surface area contributed by atoms with Crippen molar-refractivity contribution in [1.82, 2.24) is 0 Å². The number of hydrogen-bond donors (Lipinski definition) is 1. The standard InChI is InChI=1S/C21H18N2O2S/c1-16(24)17-8-7-13-23(14-17)15-21(25)22-19-11-5-6-12-20(19)26-18-9-3-2-4-10-18/h2-14H,15H2,1H3/p+1. The van der Waals surface area contributed by atoms with Gasteiger partial charge >= 0.3 is 0 Å². The Kier molecular flexibility index (Phi) is 5.81. The second kappa shape index (κ2) is 8.45. The first-order valence-electron chi connectivity index (χ1n) is 8.23. The van der Waals surface area contributed by atoms with Crippen LogP contribution in [0.25, 0.3) is 0 Å². The van der Waals surface area contributed by atoms with Gasteiger partial charge in [0.25, 0.3) is 5.91 Å². The van der Waals surface area contributed by atoms with Gasteiger partial charge in [-0.05, 0) is 37.3 Å². The highest BCUT2D eigenvalue weighted by molar-refractivity contribution is 7.99. The number of ketones is 1. The molecular weight excluding hydrogens is 344 g/mol. The molecule has 1 aromatic heterocycles. The SMILES string of the molecule is CC(=O)c1ccc[n+](CC(=O)Nc2ccccc2Sc2ccccc2)c1. The summed E-state index contributed by atoms with van der Waals surface area (Å²) in [6.45, 7) is 1.66. The Morgan fingerprint density at radius 2 is 1.69 bits per heavy atom. The maximum atomic E-state index is 12.4. The summed E-state index contributed by atoms with van der Waals surface area (Å²) in [5.74, 6) is -0.166. The highest BCUT2D eigenvalue weighted by Gasteiger charge is 2.13. The van der Waals surface area contributed by atoms with Crippen molar-refractivity contribution in [2.75, 3.05) is 5.32 Å². The number of carbonyl (C=O) groups excluding carboxylic acids is 2. The molecule has 0 bridgehead atoms. The zero-order valence-corrected chi connectivity index (χ0v) is 15.2. The first-order chi connectivity index (χ1) is 12.6. The first kappa shape index (κ1) is 17.9. The molecular formula is C21H19N2O2S+. The van der Waals surface area contributed by atoms with Crippen molar-refractivity contribution in [1.29, 1.82) is 0 Å². The van der Waals surface area contributed by atoms with E-state index in [1.54, 1.807) is 40.9 Å². The molecule has 0 aliphatic heterocycles. The van der Waals surface area contributed by atoms with Crippen LogP contribution >= 0.6 is 11.8 Å². The molecule has 4 nitrogen and oxygen atoms in total. The third kappa shape index (κ3) is 4.80. The zero-order valence-electron chi connectivity index (χ0n) is 14.4. The van der Waals surface area contributed by atoms with Crippen LogP contribution in [0.1, 0.15) is 17.3 Å². The van der Waals surface area contributed by atoms with Gasteiger partial charge in [-0.25, -0.2) is 0 Å². The molecule has 3 rings (SSSR count). The Morgan fingerprint density at radius 1 is 0.962 bits per heavy atom. The molecule has 0 saturated carbocycles. The lowest BCUT2D eigenvalue weighted by Crippen LogP contribution is -2.40. The third-order valence-electron chi connectivity index (χ3n) is 3.72. The van der Waals surface area contributed by atoms with Crippen molar-refractivity contribution in [3.05, 3.63) is 84.7 Å². The number of rotatable bonds is 6. The van der Waals surface area contributed by atoms with Crippen LogP contribution in [0.2, 0.25) is 0 Å². The molecule has 3 aromatic rings. The minimum absolute atomic E-state index is 0.0237. The second-order valence-electron chi connectivity index (χ2n) is 5.78. The van der Waals surface area contributed by atoms with Crippen molar-refractivity contribution in [3.63, 3.8) is 0 Å². The minimum Gasteiger partial charge on any atom is -0.320 e. The molecule has 0 fully saturated rings. The second-order valence-corrected chi connectivity index (χ2v) is 6.90. The number of carbonyl (C=O) groups is 2. The summed E-state index contributed by atoms with van der Waals surface area (Å²) in [6, 6.07) is 21.2. The number of nitrogens with one attached hydrogen (secondary N) is 1. The molecule has 0 atom stereocenters. The summed E-state index contributed by atoms with van der Waals surface area (Å²) >= 11 is 1.60. The first-order valence-corrected chi connectivity index (χ1v) is 9.05. The molecule has 0 spiro atoms. The highest BCUT2D eigenvalue weighted by Crippen LogP contribution is 2.33. The van der Waals surface area contributed by atoms with E-state index in [4.69, 9.17) is 0 Å². The zero-order chi connectivity index (χ0) is 18.4. The van der Waals surface area contributed by atoms with E-state index in [1.165, 1.54) is 6.92 Å². The summed E-state index contributed by atoms with van der Waals surface area (Å²) in [7, 11) is 0. The van der Waals surface area contributed by atoms with Gasteiger partial charge in [0.1, 0.15) is 0 Å². The van der Waals surface area contributed by atoms with Gasteiger partial charge in [0, 0.05) is 15.9 Å². The van der Waals surface area contributed by atoms with E-state index in [0.29, 0.717) is 5.56 Å². The maximum absolute atomic E-state index is 12.4. The number of amides is 1. The van der Waals surface area contributed by atoms with E-state index in [9.17, 15) is 9.59 Å². The predicted molar refractivity (Wildman–Crippen MR) is 102 cm³/mol. The molecule has 1 heterocycles. The van der Waals surface area contributed by atoms with E-state index in [-0.39, 0.29) is 18.2 Å². The van der Waals surface area contributed by atoms with Crippen LogP contribution in [0.15, 0.2) is 88.9 Å². The van der Waals surface area contributed by atoms with Gasteiger partial charge < -0.3 is 5.32 Å². The minimum atomic E-state index is -0.142. The van der Waals surface area contributed by atoms with Gasteiger partial charge in [-0.3, -0.25) is 9.59 Å². The fourth-order valence-corrected chi connectivity index (χ4v) is 3.38. The Balaban J connectivity index is 1.72. The monoisotopic (exact) mass is 363 g/mol. The van der Waals surface area contributed by atoms with Crippen molar-refractivity contribution in [3.8, 4) is 0 Å². The topological polar surface area (TPSA) is 50.0 Å². The predicted octanol–water partition coefficient (Wildman–Crippen LogP) is 3.97. The van der Waals surface area contributed by atoms with Crippen LogP contribution < -0.4 is 9.88 Å². The summed E-state index contributed by atoms with van der Waals surface area (Å²) in [4.78, 5) is 26.0. The lowest BCUT2D eigenvalue weighted by Gasteiger charge is -2.09. The molecule has 0 saturated heterocycles. The van der Waals surface area contributed by atoms with Gasteiger partial charge in [0.2, 0.25) is 6.54 Å². The van der Waals surface area contributed by atoms with Crippen LogP contribution in [-0.4, -0.2) is 11.7 Å². The van der Waals surface area contributed by atoms with Crippen LogP contribution in [0.4, 0.5) is 5.69 Å². The van der Waals surface area contributed by atoms with Gasteiger partial charge in [-0.2, -0.15) is 4.57 Å². The van der Waals surface area contributed by atoms with Gasteiger partial charge in [-0.15, -0.1) is 0 Å². The van der Waals surface area contributed by atoms with Gasteiger partial charge in [0.15, 0.2) is 18.2 Å². The van der Waals surface area contributed by atoms with Crippen LogP contribution in [-0.2, 0) is 11.3 Å². The Morgan fingerprint density at radius 3 is 2.46 bits per heavy atom. The number of aromatic nitrogens is 1. The molecule has 0 radical (unpaired) electrons. The average molecular weight is 363 g/mol. The molecule has 1 amide bonds. The lowest BCUT2D eigenvalue weighted by atomic mass is 10.2. The number of Topliss-reactive ketones (excluding diaryl/α,β-unsaturated/α-hetero) is 1. The number of anilines is 1. The van der Waals surface area contributed by atoms with E-state index in [1.807, 2.05) is 54.6 Å². The van der Waals surface area contributed by atoms with E-state index in [0.717, 1.165) is 15.5 Å². The van der Waals surface area contributed by atoms with E-state index < -0.39 is 0 Å². The van der Waals surface area contributed by atoms with E-state index in [2.05, 4.69) is 5.32 Å². The quantitative estimate of drug-likeness (QED) is 0.533. The maximum Gasteiger partial charge on any atom is 0.290 e. The van der Waals surface area contributed by atoms with Crippen LogP contribution in [0.5, 0.6) is 0 Å². The number of benzene rings is 2. The normalized spacial score (nSPS) is 10.3. The summed E-state index contributed by atoms with van der Waals surface area (Å²) < 4.78 is 1.71. The molecule has 0 unspecified atom stereocenters. The summed E-state index contributed by atoms with van der Waals surface area (Å²) in [5, 5.41) is 2.96. The largest absolute Gasteiger partial charge is 0.320 e. The fourth-order valence-electron chi connectivity index (χ4n) is 2.46. The van der Waals surface area contributed by atoms with Crippen molar-refractivity contribution < 1.29 is 14.2 Å². The Hall–Kier alpha value is -2.92. The highest BCUT2D eigenvalue weighted by atomic mass is 32.2. The summed E-state index contributed by atoms with van der Waals surface area (Å²) in [6.07, 6.45) is 3.46. The molecule has 26 heavy (non-hydrogen) atoms. The Bertz CT molecular complexity index is 926. The smallest absolute Gasteiger partial charge is 0.290 e. The number of nitrogens with zero attached hydrogens (tertiary/aromatic N) is 1. The molecule has 0 aliphatic carbocycles.